The second-order valence-electron chi connectivity index (χ2n) is 34.1. The van der Waals surface area contributed by atoms with Crippen molar-refractivity contribution in [3.63, 3.8) is 0 Å². The number of carbonyl (C=O) groups is 11. The molecule has 8 aromatic rings. The fourth-order valence-electron chi connectivity index (χ4n) is 16.8. The van der Waals surface area contributed by atoms with E-state index in [1.807, 2.05) is 223 Å². The Labute approximate surface area is 718 Å². The quantitative estimate of drug-likeness (QED) is 0.0120. The summed E-state index contributed by atoms with van der Waals surface area (Å²) in [4.78, 5) is 167. The molecule has 24 heteroatoms. The lowest BCUT2D eigenvalue weighted by Gasteiger charge is -2.38. The molecule has 0 bridgehead atoms. The number of ketones is 3. The Kier molecular flexibility index (Phi) is 30.2. The van der Waals surface area contributed by atoms with E-state index in [9.17, 15) is 33.9 Å². The highest BCUT2D eigenvalue weighted by Gasteiger charge is 2.61. The van der Waals surface area contributed by atoms with Gasteiger partial charge in [0.05, 0.1) is 35.0 Å². The molecule has 0 spiro atoms. The first-order chi connectivity index (χ1) is 58.2. The lowest BCUT2D eigenvalue weighted by molar-refractivity contribution is -0.157. The topological polar surface area (TPSA) is 312 Å². The Balaban J connectivity index is 0.937. The fourth-order valence-corrected chi connectivity index (χ4v) is 18.4. The highest BCUT2D eigenvalue weighted by atomic mass is 32.2. The molecule has 3 aliphatic rings. The zero-order valence-electron chi connectivity index (χ0n) is 71.2. The molecule has 3 heterocycles. The van der Waals surface area contributed by atoms with E-state index < -0.39 is 190 Å². The largest absolute Gasteiger partial charge is 0.462 e. The van der Waals surface area contributed by atoms with Crippen LogP contribution < -0.4 is 26.6 Å². The summed E-state index contributed by atoms with van der Waals surface area (Å²) in [5.41, 5.74) is 1.21. The third kappa shape index (κ3) is 22.0. The van der Waals surface area contributed by atoms with E-state index in [2.05, 4.69) is 26.6 Å². The third-order valence-corrected chi connectivity index (χ3v) is 24.7. The van der Waals surface area contributed by atoms with Crippen LogP contribution in [0.2, 0.25) is 0 Å². The minimum absolute atomic E-state index is 0.116. The van der Waals surface area contributed by atoms with Gasteiger partial charge >= 0.3 is 18.0 Å². The summed E-state index contributed by atoms with van der Waals surface area (Å²) < 4.78 is 22.7. The van der Waals surface area contributed by atoms with Crippen LogP contribution in [0.5, 0.6) is 0 Å². The number of nitrogens with zero attached hydrogens (tertiary/aromatic N) is 2. The van der Waals surface area contributed by atoms with Gasteiger partial charge in [-0.15, -0.1) is 11.8 Å². The monoisotopic (exact) mass is 1680 g/mol. The first-order valence-corrected chi connectivity index (χ1v) is 42.9. The summed E-state index contributed by atoms with van der Waals surface area (Å²) in [6.07, 6.45) is -6.20. The van der Waals surface area contributed by atoms with Crippen LogP contribution >= 0.6 is 11.8 Å². The molecular formula is C98H113N7O16S. The minimum Gasteiger partial charge on any atom is -0.462 e. The number of benzene rings is 8. The molecule has 0 aromatic heterocycles. The maximum absolute atomic E-state index is 16.7. The van der Waals surface area contributed by atoms with Crippen LogP contribution in [-0.2, 0) is 89.4 Å². The second kappa shape index (κ2) is 40.4. The van der Waals surface area contributed by atoms with E-state index in [-0.39, 0.29) is 38.2 Å². The number of carbonyl (C=O) groups excluding carboxylic acids is 11. The Morgan fingerprint density at radius 1 is 0.582 bits per heavy atom. The van der Waals surface area contributed by atoms with Gasteiger partial charge in [0.1, 0.15) is 59.5 Å². The molecule has 11 rings (SSSR count). The van der Waals surface area contributed by atoms with E-state index >= 15 is 24.0 Å². The molecular weight excluding hydrogens is 1560 g/mol. The Morgan fingerprint density at radius 2 is 1.09 bits per heavy atom. The number of hydrogen-bond donors (Lipinski definition) is 6. The van der Waals surface area contributed by atoms with Gasteiger partial charge < -0.3 is 55.5 Å². The summed E-state index contributed by atoms with van der Waals surface area (Å²) in [6.45, 7) is 17.7. The standard InChI is InChI=1S/C98H113N7O16S/c1-12-63(2)77(56-75(107)59-99-88(112)82-58-96(117)78-50-34-35-51-79(78)101-92(96)105(82)93(116)121-95(9,10)11)83(108)52-53-85(110)100-80(62-122-98(72-44-28-17-29-45-72,73-46-30-18-31-47-73)74-48-32-19-33-49-74)84(109)54-68(55-86(111)103-97(69-38-22-14-23-39-69,70-40-24-15-25-41-70)71-42-26-16-27-43-71)90(114)104-60-76(120-94(6,7)8)57-81(104)89(113)102-87(64(3)65(4)119-66(5)106)91(115)118-61-67-36-20-13-21-37-67/h13-51,63-65,68,76-77,80-82,87,92,101,117H,12,52-62H2,1-11H3,(H,99,112)(H,100,110)(H,102,113)(H,103,111)/t63-,64-,65-,68?,76+,77?,80?,81-,82+,87-,92?,96?/m0/s1. The molecule has 3 aliphatic heterocycles. The predicted molar refractivity (Wildman–Crippen MR) is 466 cm³/mol. The van der Waals surface area contributed by atoms with Crippen molar-refractivity contribution >= 4 is 82.4 Å². The molecule has 0 aliphatic carbocycles. The van der Waals surface area contributed by atoms with Crippen molar-refractivity contribution in [2.24, 2.45) is 23.7 Å². The normalized spacial score (nSPS) is 18.6. The van der Waals surface area contributed by atoms with Crippen molar-refractivity contribution < 1.29 is 76.8 Å². The molecule has 6 amide bonds. The molecule has 23 nitrogen and oxygen atoms in total. The van der Waals surface area contributed by atoms with Gasteiger partial charge in [0.15, 0.2) is 11.6 Å². The average Bonchev–Trinajstić information content (AvgIpc) is 1.55. The van der Waals surface area contributed by atoms with Crippen LogP contribution in [0.1, 0.15) is 172 Å². The molecule has 12 atom stereocenters. The van der Waals surface area contributed by atoms with Gasteiger partial charge in [-0.2, -0.15) is 0 Å². The number of likely N-dealkylation sites (tertiary alicyclic amines) is 2. The number of ether oxygens (including phenoxy) is 4. The number of nitrogens with one attached hydrogen (secondary N) is 5. The Bertz CT molecular complexity index is 4770. The van der Waals surface area contributed by atoms with Crippen LogP contribution in [0.25, 0.3) is 0 Å². The van der Waals surface area contributed by atoms with Crippen molar-refractivity contribution in [2.45, 2.75) is 204 Å². The van der Waals surface area contributed by atoms with Crippen LogP contribution in [0.3, 0.4) is 0 Å². The zero-order valence-corrected chi connectivity index (χ0v) is 72.0. The molecule has 122 heavy (non-hydrogen) atoms. The molecule has 6 N–H and O–H groups in total. The van der Waals surface area contributed by atoms with E-state index in [0.717, 1.165) is 21.6 Å². The second-order valence-corrected chi connectivity index (χ2v) is 35.3. The van der Waals surface area contributed by atoms with Gasteiger partial charge in [-0.3, -0.25) is 48.1 Å². The number of para-hydroxylation sites is 1. The molecule has 2 saturated heterocycles. The summed E-state index contributed by atoms with van der Waals surface area (Å²) in [5.74, 6) is -11.0. The molecule has 0 saturated carbocycles. The van der Waals surface area contributed by atoms with Gasteiger partial charge in [-0.1, -0.05) is 258 Å². The minimum atomic E-state index is -1.69. The van der Waals surface area contributed by atoms with Crippen LogP contribution in [0, 0.1) is 23.7 Å². The molecule has 5 unspecified atom stereocenters. The maximum atomic E-state index is 16.7. The number of hydrogen-bond acceptors (Lipinski definition) is 18. The summed E-state index contributed by atoms with van der Waals surface area (Å²) in [5, 5.41) is 27.4. The number of Topliss-reactive ketones (excluding diaryl/α,β-unsaturated/α-hetero) is 3. The van der Waals surface area contributed by atoms with E-state index in [1.165, 1.54) is 23.6 Å². The van der Waals surface area contributed by atoms with Gasteiger partial charge in [0.25, 0.3) is 0 Å². The number of amides is 6. The SMILES string of the molecule is CC[C@H](C)C(CC(=O)CNC(=O)[C@H]1CC2(O)c3ccccc3NC2N1C(=O)OC(C)(C)C)C(=O)CCC(=O)NC(CSC(c1ccccc1)(c1ccccc1)c1ccccc1)C(=O)CC(CC(=O)NC(c1ccccc1)(c1ccccc1)c1ccccc1)C(=O)N1C[C@H](OC(C)(C)C)C[C@H]1C(=O)N[C@H](C(=O)OCc1ccccc1)[C@@H](C)[C@H](C)OC(C)=O. The van der Waals surface area contributed by atoms with Crippen molar-refractivity contribution in [2.75, 3.05) is 24.2 Å². The van der Waals surface area contributed by atoms with E-state index in [0.29, 0.717) is 39.9 Å². The number of fused-ring (bicyclic) bond motifs is 3. The van der Waals surface area contributed by atoms with Crippen LogP contribution in [0.4, 0.5) is 10.5 Å². The van der Waals surface area contributed by atoms with Gasteiger partial charge in [0.2, 0.25) is 29.5 Å². The van der Waals surface area contributed by atoms with Gasteiger partial charge in [-0.25, -0.2) is 9.59 Å². The van der Waals surface area contributed by atoms with Gasteiger partial charge in [0, 0.05) is 87.3 Å². The van der Waals surface area contributed by atoms with Crippen molar-refractivity contribution in [3.8, 4) is 0 Å². The molecule has 8 aromatic carbocycles. The third-order valence-electron chi connectivity index (χ3n) is 23.1. The number of esters is 2. The molecule has 642 valence electrons. The lowest BCUT2D eigenvalue weighted by Crippen LogP contribution is -2.56. The van der Waals surface area contributed by atoms with Crippen LogP contribution in [-0.4, -0.2) is 152 Å². The maximum Gasteiger partial charge on any atom is 0.412 e. The van der Waals surface area contributed by atoms with E-state index in [4.69, 9.17) is 18.9 Å². The average molecular weight is 1680 g/mol. The predicted octanol–water partition coefficient (Wildman–Crippen LogP) is 13.6. The Hall–Kier alpha value is -11.6. The fraction of sp³-hybridized carbons (Fsp3) is 0.398. The number of anilines is 1. The smallest absolute Gasteiger partial charge is 0.412 e. The zero-order chi connectivity index (χ0) is 87.7. The summed E-state index contributed by atoms with van der Waals surface area (Å²) >= 11 is 1.35. The lowest BCUT2D eigenvalue weighted by atomic mass is 9.76. The number of thioether (sulfide) groups is 1. The van der Waals surface area contributed by atoms with Crippen molar-refractivity contribution in [1.29, 1.82) is 0 Å². The number of aliphatic hydroxyl groups is 1. The summed E-state index contributed by atoms with van der Waals surface area (Å²) in [6, 6.07) is 67.2. The summed E-state index contributed by atoms with van der Waals surface area (Å²) in [7, 11) is 0. The van der Waals surface area contributed by atoms with Crippen LogP contribution in [0.15, 0.2) is 237 Å². The Morgan fingerprint density at radius 3 is 1.60 bits per heavy atom. The molecule has 2 fully saturated rings. The van der Waals surface area contributed by atoms with Crippen molar-refractivity contribution in [1.82, 2.24) is 31.1 Å². The van der Waals surface area contributed by atoms with E-state index in [1.54, 1.807) is 83.1 Å². The highest BCUT2D eigenvalue weighted by molar-refractivity contribution is 8.00. The first kappa shape index (κ1) is 91.1. The van der Waals surface area contributed by atoms with Gasteiger partial charge in [-0.05, 0) is 99.4 Å². The first-order valence-electron chi connectivity index (χ1n) is 41.9. The highest BCUT2D eigenvalue weighted by Crippen LogP contribution is 2.51. The van der Waals surface area contributed by atoms with Crippen molar-refractivity contribution in [3.05, 3.63) is 281 Å². The molecule has 0 radical (unpaired) electrons. The number of rotatable bonds is 37.